The summed E-state index contributed by atoms with van der Waals surface area (Å²) in [5.74, 6) is 0. The number of hydrogen-bond donors (Lipinski definition) is 1. The topological polar surface area (TPSA) is 64.0 Å². The molecule has 0 bridgehead atoms. The smallest absolute Gasteiger partial charge is 0.234 e. The first kappa shape index (κ1) is 18.4. The molecular weight excluding hydrogens is 370 g/mol. The zero-order valence-electron chi connectivity index (χ0n) is 13.9. The summed E-state index contributed by atoms with van der Waals surface area (Å²) in [5.41, 5.74) is 2.69. The SMILES string of the molecule is O=S(=O)(/C=C/c1ccc(Cl)cc1)NCc1ccccc1Cn1cccn1. The molecule has 0 saturated heterocycles. The van der Waals surface area contributed by atoms with Gasteiger partial charge in [-0.3, -0.25) is 4.68 Å². The molecule has 0 aliphatic rings. The highest BCUT2D eigenvalue weighted by atomic mass is 35.5. The Bertz CT molecular complexity index is 982. The van der Waals surface area contributed by atoms with E-state index in [1.54, 1.807) is 35.1 Å². The Balaban J connectivity index is 1.67. The van der Waals surface area contributed by atoms with Crippen LogP contribution in [0.15, 0.2) is 72.4 Å². The van der Waals surface area contributed by atoms with Gasteiger partial charge < -0.3 is 0 Å². The molecule has 1 heterocycles. The van der Waals surface area contributed by atoms with Crippen LogP contribution in [-0.4, -0.2) is 18.2 Å². The normalized spacial score (nSPS) is 11.9. The van der Waals surface area contributed by atoms with E-state index in [0.29, 0.717) is 11.6 Å². The number of halogens is 1. The van der Waals surface area contributed by atoms with Crippen LogP contribution in [-0.2, 0) is 23.1 Å². The highest BCUT2D eigenvalue weighted by molar-refractivity contribution is 7.92. The van der Waals surface area contributed by atoms with Crippen LogP contribution in [0.3, 0.4) is 0 Å². The molecule has 2 aromatic carbocycles. The second kappa shape index (κ2) is 8.31. The molecule has 0 atom stereocenters. The first-order valence-electron chi connectivity index (χ1n) is 7.99. The van der Waals surface area contributed by atoms with E-state index in [1.807, 2.05) is 36.5 Å². The Hall–Kier alpha value is -2.41. The van der Waals surface area contributed by atoms with Crippen molar-refractivity contribution < 1.29 is 8.42 Å². The van der Waals surface area contributed by atoms with E-state index in [1.165, 1.54) is 6.08 Å². The van der Waals surface area contributed by atoms with Gasteiger partial charge in [0.25, 0.3) is 0 Å². The maximum absolute atomic E-state index is 12.2. The van der Waals surface area contributed by atoms with Gasteiger partial charge in [0.2, 0.25) is 10.0 Å². The molecule has 0 aliphatic heterocycles. The van der Waals surface area contributed by atoms with Gasteiger partial charge in [-0.05, 0) is 41.0 Å². The number of aromatic nitrogens is 2. The van der Waals surface area contributed by atoms with Crippen molar-refractivity contribution in [1.29, 1.82) is 0 Å². The van der Waals surface area contributed by atoms with Gasteiger partial charge in [0, 0.05) is 29.4 Å². The van der Waals surface area contributed by atoms with E-state index in [-0.39, 0.29) is 6.54 Å². The molecule has 0 spiro atoms. The average Bonchev–Trinajstić information content (AvgIpc) is 3.14. The van der Waals surface area contributed by atoms with Crippen LogP contribution >= 0.6 is 11.6 Å². The summed E-state index contributed by atoms with van der Waals surface area (Å²) in [6.45, 7) is 0.802. The van der Waals surface area contributed by atoms with Crippen molar-refractivity contribution in [2.24, 2.45) is 0 Å². The Morgan fingerprint density at radius 2 is 1.77 bits per heavy atom. The molecule has 0 saturated carbocycles. The van der Waals surface area contributed by atoms with E-state index in [9.17, 15) is 8.42 Å². The second-order valence-electron chi connectivity index (χ2n) is 5.69. The predicted molar refractivity (Wildman–Crippen MR) is 104 cm³/mol. The minimum absolute atomic E-state index is 0.213. The van der Waals surface area contributed by atoms with Crippen LogP contribution in [0.5, 0.6) is 0 Å². The van der Waals surface area contributed by atoms with Crippen LogP contribution in [0.1, 0.15) is 16.7 Å². The van der Waals surface area contributed by atoms with Crippen LogP contribution in [0, 0.1) is 0 Å². The first-order valence-corrected chi connectivity index (χ1v) is 9.92. The van der Waals surface area contributed by atoms with Crippen molar-refractivity contribution in [3.63, 3.8) is 0 Å². The minimum atomic E-state index is -3.55. The number of nitrogens with one attached hydrogen (secondary N) is 1. The van der Waals surface area contributed by atoms with Crippen molar-refractivity contribution in [3.8, 4) is 0 Å². The van der Waals surface area contributed by atoms with Gasteiger partial charge in [0.15, 0.2) is 0 Å². The number of hydrogen-bond acceptors (Lipinski definition) is 3. The fourth-order valence-corrected chi connectivity index (χ4v) is 3.34. The Labute approximate surface area is 158 Å². The van der Waals surface area contributed by atoms with Crippen LogP contribution < -0.4 is 4.72 Å². The second-order valence-corrected chi connectivity index (χ2v) is 7.78. The standard InChI is InChI=1S/C19H18ClN3O2S/c20-19-8-6-16(7-9-19)10-13-26(24,25)22-14-17-4-1-2-5-18(17)15-23-12-3-11-21-23/h1-13,22H,14-15H2/b13-10+. The summed E-state index contributed by atoms with van der Waals surface area (Å²) >= 11 is 5.82. The van der Waals surface area contributed by atoms with Crippen LogP contribution in [0.2, 0.25) is 5.02 Å². The quantitative estimate of drug-likeness (QED) is 0.672. The van der Waals surface area contributed by atoms with Gasteiger partial charge in [-0.15, -0.1) is 0 Å². The van der Waals surface area contributed by atoms with Gasteiger partial charge in [0.05, 0.1) is 6.54 Å². The van der Waals surface area contributed by atoms with Crippen molar-refractivity contribution in [3.05, 3.63) is 94.1 Å². The van der Waals surface area contributed by atoms with E-state index >= 15 is 0 Å². The molecule has 0 amide bonds. The van der Waals surface area contributed by atoms with Crippen molar-refractivity contribution >= 4 is 27.7 Å². The Morgan fingerprint density at radius 1 is 1.04 bits per heavy atom. The van der Waals surface area contributed by atoms with Gasteiger partial charge >= 0.3 is 0 Å². The molecule has 1 N–H and O–H groups in total. The summed E-state index contributed by atoms with van der Waals surface area (Å²) < 4.78 is 28.9. The lowest BCUT2D eigenvalue weighted by molar-refractivity contribution is 0.590. The highest BCUT2D eigenvalue weighted by Gasteiger charge is 2.08. The molecule has 3 rings (SSSR count). The summed E-state index contributed by atoms with van der Waals surface area (Å²) in [4.78, 5) is 0. The molecular formula is C19H18ClN3O2S. The lowest BCUT2D eigenvalue weighted by atomic mass is 10.1. The molecule has 26 heavy (non-hydrogen) atoms. The van der Waals surface area contributed by atoms with Gasteiger partial charge in [-0.1, -0.05) is 48.0 Å². The summed E-state index contributed by atoms with van der Waals surface area (Å²) in [7, 11) is -3.55. The summed E-state index contributed by atoms with van der Waals surface area (Å²) in [5, 5.41) is 5.96. The van der Waals surface area contributed by atoms with Crippen molar-refractivity contribution in [2.75, 3.05) is 0 Å². The average molecular weight is 388 g/mol. The third-order valence-electron chi connectivity index (χ3n) is 3.78. The molecule has 134 valence electrons. The maximum atomic E-state index is 12.2. The maximum Gasteiger partial charge on any atom is 0.234 e. The molecule has 0 radical (unpaired) electrons. The van der Waals surface area contributed by atoms with E-state index in [2.05, 4.69) is 9.82 Å². The zero-order valence-corrected chi connectivity index (χ0v) is 15.5. The largest absolute Gasteiger partial charge is 0.268 e. The fourth-order valence-electron chi connectivity index (χ4n) is 2.42. The predicted octanol–water partition coefficient (Wildman–Crippen LogP) is 3.68. The molecule has 5 nitrogen and oxygen atoms in total. The fraction of sp³-hybridized carbons (Fsp3) is 0.105. The molecule has 1 aromatic heterocycles. The third-order valence-corrected chi connectivity index (χ3v) is 5.08. The van der Waals surface area contributed by atoms with Gasteiger partial charge in [-0.2, -0.15) is 5.10 Å². The molecule has 7 heteroatoms. The molecule has 0 aliphatic carbocycles. The van der Waals surface area contributed by atoms with Crippen LogP contribution in [0.25, 0.3) is 6.08 Å². The van der Waals surface area contributed by atoms with E-state index < -0.39 is 10.0 Å². The monoisotopic (exact) mass is 387 g/mol. The zero-order chi connectivity index (χ0) is 18.4. The Kier molecular flexibility index (Phi) is 5.88. The third kappa shape index (κ3) is 5.29. The summed E-state index contributed by atoms with van der Waals surface area (Å²) in [6, 6.07) is 16.5. The molecule has 0 fully saturated rings. The van der Waals surface area contributed by atoms with Crippen molar-refractivity contribution in [2.45, 2.75) is 13.1 Å². The number of rotatable bonds is 7. The first-order chi connectivity index (χ1) is 12.5. The number of nitrogens with zero attached hydrogens (tertiary/aromatic N) is 2. The Morgan fingerprint density at radius 3 is 2.46 bits per heavy atom. The molecule has 3 aromatic rings. The summed E-state index contributed by atoms with van der Waals surface area (Å²) in [6.07, 6.45) is 5.12. The van der Waals surface area contributed by atoms with Crippen molar-refractivity contribution in [1.82, 2.24) is 14.5 Å². The number of benzene rings is 2. The van der Waals surface area contributed by atoms with E-state index in [0.717, 1.165) is 22.1 Å². The lowest BCUT2D eigenvalue weighted by Crippen LogP contribution is -2.21. The number of sulfonamides is 1. The lowest BCUT2D eigenvalue weighted by Gasteiger charge is -2.10. The highest BCUT2D eigenvalue weighted by Crippen LogP contribution is 2.13. The minimum Gasteiger partial charge on any atom is -0.268 e. The molecule has 0 unspecified atom stereocenters. The van der Waals surface area contributed by atoms with E-state index in [4.69, 9.17) is 11.6 Å². The van der Waals surface area contributed by atoms with Gasteiger partial charge in [0.1, 0.15) is 0 Å². The van der Waals surface area contributed by atoms with Gasteiger partial charge in [-0.25, -0.2) is 13.1 Å². The van der Waals surface area contributed by atoms with Crippen LogP contribution in [0.4, 0.5) is 0 Å².